The summed E-state index contributed by atoms with van der Waals surface area (Å²) < 4.78 is 0. The van der Waals surface area contributed by atoms with Gasteiger partial charge >= 0.3 is 5.97 Å². The van der Waals surface area contributed by atoms with Gasteiger partial charge in [0.1, 0.15) is 0 Å². The van der Waals surface area contributed by atoms with Crippen molar-refractivity contribution in [1.29, 1.82) is 0 Å². The first-order valence-electron chi connectivity index (χ1n) is 2.61. The summed E-state index contributed by atoms with van der Waals surface area (Å²) in [6.07, 6.45) is 0. The van der Waals surface area contributed by atoms with Crippen molar-refractivity contribution >= 4 is 17.6 Å². The monoisotopic (exact) mass is 155 g/mol. The third-order valence-electron chi connectivity index (χ3n) is 1.04. The van der Waals surface area contributed by atoms with Gasteiger partial charge in [-0.25, -0.2) is 4.79 Å². The summed E-state index contributed by atoms with van der Waals surface area (Å²) in [6.45, 7) is 0. The van der Waals surface area contributed by atoms with Crippen LogP contribution in [0.15, 0.2) is 18.2 Å². The zero-order chi connectivity index (χ0) is 7.56. The molecule has 0 aliphatic carbocycles. The molecule has 0 amide bonds. The lowest BCUT2D eigenvalue weighted by molar-refractivity contribution is 0.0697. The topological polar surface area (TPSA) is 37.3 Å². The number of rotatable bonds is 1. The summed E-state index contributed by atoms with van der Waals surface area (Å²) in [7, 11) is 0. The van der Waals surface area contributed by atoms with Crippen LogP contribution in [0.25, 0.3) is 0 Å². The molecular weight excluding hydrogens is 152 g/mol. The first-order valence-corrected chi connectivity index (χ1v) is 2.99. The molecule has 0 saturated heterocycles. The second-order valence-corrected chi connectivity index (χ2v) is 2.08. The molecule has 2 nitrogen and oxygen atoms in total. The van der Waals surface area contributed by atoms with E-state index in [1.165, 1.54) is 6.07 Å². The molecule has 0 spiro atoms. The van der Waals surface area contributed by atoms with Crippen LogP contribution in [0.4, 0.5) is 0 Å². The molecule has 0 heterocycles. The Bertz CT molecular complexity index is 258. The molecule has 10 heavy (non-hydrogen) atoms. The summed E-state index contributed by atoms with van der Waals surface area (Å²) in [4.78, 5) is 10.3. The van der Waals surface area contributed by atoms with E-state index in [0.29, 0.717) is 0 Å². The van der Waals surface area contributed by atoms with Crippen molar-refractivity contribution in [1.82, 2.24) is 0 Å². The van der Waals surface area contributed by atoms with Gasteiger partial charge in [0.05, 0.1) is 10.6 Å². The van der Waals surface area contributed by atoms with Gasteiger partial charge in [0.2, 0.25) is 0 Å². The third-order valence-corrected chi connectivity index (χ3v) is 1.35. The van der Waals surface area contributed by atoms with Crippen molar-refractivity contribution in [3.63, 3.8) is 0 Å². The Kier molecular flexibility index (Phi) is 1.92. The van der Waals surface area contributed by atoms with Crippen LogP contribution in [0.3, 0.4) is 0 Å². The summed E-state index contributed by atoms with van der Waals surface area (Å²) >= 11 is 5.48. The van der Waals surface area contributed by atoms with Gasteiger partial charge < -0.3 is 5.11 Å². The number of carboxylic acid groups (broad SMARTS) is 1. The van der Waals surface area contributed by atoms with Crippen molar-refractivity contribution in [2.24, 2.45) is 0 Å². The number of hydrogen-bond donors (Lipinski definition) is 1. The van der Waals surface area contributed by atoms with Crippen molar-refractivity contribution < 1.29 is 9.90 Å². The van der Waals surface area contributed by atoms with Crippen LogP contribution in [-0.2, 0) is 0 Å². The lowest BCUT2D eigenvalue weighted by Crippen LogP contribution is -1.95. The molecule has 1 radical (unpaired) electrons. The Hall–Kier alpha value is -1.02. The van der Waals surface area contributed by atoms with Crippen molar-refractivity contribution in [3.05, 3.63) is 34.9 Å². The number of hydrogen-bond acceptors (Lipinski definition) is 1. The van der Waals surface area contributed by atoms with E-state index in [-0.39, 0.29) is 10.6 Å². The Labute approximate surface area is 63.1 Å². The maximum atomic E-state index is 10.3. The standard InChI is InChI=1S/C7H4ClO2/c8-6-4-2-1-3-5(6)7(9)10/h1-3H,(H,9,10). The van der Waals surface area contributed by atoms with Crippen LogP contribution in [0.5, 0.6) is 0 Å². The fraction of sp³-hybridized carbons (Fsp3) is 0. The number of aromatic carboxylic acids is 1. The molecule has 0 aliphatic heterocycles. The van der Waals surface area contributed by atoms with Crippen molar-refractivity contribution in [2.75, 3.05) is 0 Å². The van der Waals surface area contributed by atoms with E-state index in [2.05, 4.69) is 6.07 Å². The number of halogens is 1. The fourth-order valence-corrected chi connectivity index (χ4v) is 0.789. The minimum Gasteiger partial charge on any atom is -0.478 e. The van der Waals surface area contributed by atoms with E-state index in [0.717, 1.165) is 0 Å². The van der Waals surface area contributed by atoms with Gasteiger partial charge in [-0.2, -0.15) is 0 Å². The number of benzene rings is 1. The lowest BCUT2D eigenvalue weighted by Gasteiger charge is -1.93. The van der Waals surface area contributed by atoms with E-state index >= 15 is 0 Å². The van der Waals surface area contributed by atoms with Crippen LogP contribution in [-0.4, -0.2) is 11.1 Å². The molecule has 1 aromatic rings. The van der Waals surface area contributed by atoms with Crippen LogP contribution in [0.1, 0.15) is 10.4 Å². The maximum Gasteiger partial charge on any atom is 0.337 e. The Morgan fingerprint density at radius 2 is 2.40 bits per heavy atom. The van der Waals surface area contributed by atoms with Crippen LogP contribution in [0, 0.1) is 6.07 Å². The van der Waals surface area contributed by atoms with E-state index in [1.807, 2.05) is 0 Å². The largest absolute Gasteiger partial charge is 0.478 e. The molecule has 0 aliphatic rings. The Balaban J connectivity index is 3.15. The van der Waals surface area contributed by atoms with E-state index < -0.39 is 5.97 Å². The Morgan fingerprint density at radius 3 is 2.80 bits per heavy atom. The van der Waals surface area contributed by atoms with Crippen molar-refractivity contribution in [2.45, 2.75) is 0 Å². The molecule has 0 bridgehead atoms. The molecule has 0 fully saturated rings. The Morgan fingerprint density at radius 1 is 1.70 bits per heavy atom. The zero-order valence-corrected chi connectivity index (χ0v) is 5.72. The average Bonchev–Trinajstić information content (AvgIpc) is 1.88. The molecule has 51 valence electrons. The van der Waals surface area contributed by atoms with E-state index in [4.69, 9.17) is 16.7 Å². The van der Waals surface area contributed by atoms with Gasteiger partial charge in [0.25, 0.3) is 0 Å². The maximum absolute atomic E-state index is 10.3. The van der Waals surface area contributed by atoms with E-state index in [1.54, 1.807) is 12.1 Å². The lowest BCUT2D eigenvalue weighted by atomic mass is 10.2. The first kappa shape index (κ1) is 7.09. The van der Waals surface area contributed by atoms with Gasteiger partial charge in [0.15, 0.2) is 0 Å². The number of carboxylic acids is 1. The molecule has 1 rings (SSSR count). The minimum absolute atomic E-state index is 0.0872. The predicted octanol–water partition coefficient (Wildman–Crippen LogP) is 1.84. The molecule has 1 aromatic carbocycles. The SMILES string of the molecule is O=C(O)c1ccc[c]c1Cl. The van der Waals surface area contributed by atoms with Gasteiger partial charge in [-0.15, -0.1) is 0 Å². The second kappa shape index (κ2) is 2.71. The highest BCUT2D eigenvalue weighted by molar-refractivity contribution is 6.33. The summed E-state index contributed by atoms with van der Waals surface area (Å²) in [5, 5.41) is 8.61. The van der Waals surface area contributed by atoms with Gasteiger partial charge in [-0.1, -0.05) is 23.7 Å². The predicted molar refractivity (Wildman–Crippen MR) is 37.2 cm³/mol. The number of carbonyl (C=O) groups is 1. The zero-order valence-electron chi connectivity index (χ0n) is 4.97. The van der Waals surface area contributed by atoms with Crippen molar-refractivity contribution in [3.8, 4) is 0 Å². The first-order chi connectivity index (χ1) is 4.72. The minimum atomic E-state index is -1.03. The van der Waals surface area contributed by atoms with Crippen LogP contribution in [0.2, 0.25) is 5.02 Å². The summed E-state index contributed by atoms with van der Waals surface area (Å²) in [6, 6.07) is 7.14. The van der Waals surface area contributed by atoms with Gasteiger partial charge in [-0.3, -0.25) is 0 Å². The molecule has 1 N–H and O–H groups in total. The molecule has 3 heteroatoms. The average molecular weight is 156 g/mol. The fourth-order valence-electron chi connectivity index (χ4n) is 0.582. The highest BCUT2D eigenvalue weighted by Gasteiger charge is 2.05. The normalized spacial score (nSPS) is 9.30. The molecule has 0 atom stereocenters. The molecule has 0 saturated carbocycles. The molecule has 0 aromatic heterocycles. The van der Waals surface area contributed by atoms with Crippen LogP contribution >= 0.6 is 11.6 Å². The highest BCUT2D eigenvalue weighted by Crippen LogP contribution is 2.13. The summed E-state index contributed by atoms with van der Waals surface area (Å²) in [5.41, 5.74) is 0.0872. The third kappa shape index (κ3) is 1.28. The highest BCUT2D eigenvalue weighted by atomic mass is 35.5. The van der Waals surface area contributed by atoms with Gasteiger partial charge in [0, 0.05) is 6.07 Å². The second-order valence-electron chi connectivity index (χ2n) is 1.70. The van der Waals surface area contributed by atoms with E-state index in [9.17, 15) is 4.79 Å². The molecular formula is C7H4ClO2. The van der Waals surface area contributed by atoms with Gasteiger partial charge in [-0.05, 0) is 6.07 Å². The smallest absolute Gasteiger partial charge is 0.337 e. The summed E-state index contributed by atoms with van der Waals surface area (Å²) in [5.74, 6) is -1.03. The molecule has 0 unspecified atom stereocenters. The van der Waals surface area contributed by atoms with Crippen LogP contribution < -0.4 is 0 Å². The quantitative estimate of drug-likeness (QED) is 0.672.